The minimum atomic E-state index is -4.30. The number of quaternary nitrogens is 1. The topological polar surface area (TPSA) is 77.8 Å². The molecule has 0 aliphatic heterocycles. The van der Waals surface area contributed by atoms with E-state index < -0.39 is 13.4 Å². The minimum absolute atomic E-state index is 0.105. The minimum Gasteiger partial charge on any atom is -0.376 e. The molecule has 1 unspecified atom stereocenters. The first-order valence-electron chi connectivity index (χ1n) is 3.55. The predicted octanol–water partition coefficient (Wildman–Crippen LogP) is -0.811. The van der Waals surface area contributed by atoms with Gasteiger partial charge < -0.3 is 19.4 Å². The normalized spacial score (nSPS) is 17.7. The van der Waals surface area contributed by atoms with E-state index in [-0.39, 0.29) is 6.54 Å². The number of aliphatic hydroxyl groups is 1. The number of nitrogens with zero attached hydrogens (tertiary/aromatic N) is 1. The molecule has 5 nitrogen and oxygen atoms in total. The Morgan fingerprint density at radius 3 is 2.09 bits per heavy atom. The molecular weight excluding hydrogens is 169 g/mol. The zero-order valence-corrected chi connectivity index (χ0v) is 7.78. The van der Waals surface area contributed by atoms with Crippen LogP contribution in [0.2, 0.25) is 0 Å². The van der Waals surface area contributed by atoms with Crippen molar-refractivity contribution in [3.8, 4) is 0 Å². The molecule has 0 aliphatic carbocycles. The summed E-state index contributed by atoms with van der Waals surface area (Å²) in [5, 5.41) is 3.96. The molecule has 0 radical (unpaired) electrons. The predicted molar refractivity (Wildman–Crippen MR) is 41.0 cm³/mol. The van der Waals surface area contributed by atoms with E-state index in [1.54, 1.807) is 21.1 Å². The number of hydrogen-bond donors (Lipinski definition) is 3. The first-order chi connectivity index (χ1) is 5.17. The van der Waals surface area contributed by atoms with Crippen molar-refractivity contribution in [1.29, 1.82) is 1.43 Å². The maximum atomic E-state index is 10.7. The van der Waals surface area contributed by atoms with Gasteiger partial charge in [0.1, 0.15) is 6.54 Å². The fourth-order valence-corrected chi connectivity index (χ4v) is 1.28. The molecule has 11 heavy (non-hydrogen) atoms. The van der Waals surface area contributed by atoms with Crippen molar-refractivity contribution < 1.29 is 23.9 Å². The average Bonchev–Trinajstić information content (AvgIpc) is 1.78. The maximum absolute atomic E-state index is 10.7. The first-order valence-corrected chi connectivity index (χ1v) is 4.82. The van der Waals surface area contributed by atoms with Gasteiger partial charge in [-0.05, 0) is 0 Å². The van der Waals surface area contributed by atoms with Gasteiger partial charge in [0.2, 0.25) is 7.28 Å². The van der Waals surface area contributed by atoms with Crippen LogP contribution in [0.15, 0.2) is 0 Å². The van der Waals surface area contributed by atoms with Crippen molar-refractivity contribution in [2.75, 3.05) is 27.7 Å². The van der Waals surface area contributed by atoms with Crippen LogP contribution in [0.25, 0.3) is 0 Å². The van der Waals surface area contributed by atoms with Gasteiger partial charge in [0.05, 0.1) is 21.1 Å². The van der Waals surface area contributed by atoms with E-state index in [0.29, 0.717) is 4.48 Å². The molecule has 0 aromatic heterocycles. The van der Waals surface area contributed by atoms with Crippen LogP contribution >= 0.6 is 7.60 Å². The van der Waals surface area contributed by atoms with Crippen molar-refractivity contribution in [1.82, 2.24) is 0 Å². The lowest BCUT2D eigenvalue weighted by atomic mass is 10.5. The standard InChI is InChI=1S/C5H14NO4P/c1-6(2,3)4-5(7)11(8,9)10/h5,7H,4H2,1-3H3,(H-,8,9,10)/p+1/i7D. The monoisotopic (exact) mass is 185 g/mol. The van der Waals surface area contributed by atoms with E-state index >= 15 is 0 Å². The van der Waals surface area contributed by atoms with E-state index in [1.807, 2.05) is 0 Å². The summed E-state index contributed by atoms with van der Waals surface area (Å²) in [4.78, 5) is 17.4. The Kier molecular flexibility index (Phi) is 2.67. The largest absolute Gasteiger partial charge is 0.376 e. The summed E-state index contributed by atoms with van der Waals surface area (Å²) in [7, 11) is 0.999. The highest BCUT2D eigenvalue weighted by atomic mass is 31.2. The van der Waals surface area contributed by atoms with Crippen molar-refractivity contribution in [2.24, 2.45) is 0 Å². The second kappa shape index (κ2) is 3.21. The zero-order valence-electron chi connectivity index (χ0n) is 7.89. The molecule has 0 heterocycles. The van der Waals surface area contributed by atoms with Crippen molar-refractivity contribution in [2.45, 2.75) is 5.85 Å². The molecule has 68 valence electrons. The second-order valence-electron chi connectivity index (χ2n) is 3.52. The van der Waals surface area contributed by atoms with Gasteiger partial charge in [-0.3, -0.25) is 4.57 Å². The Morgan fingerprint density at radius 2 is 2.00 bits per heavy atom. The van der Waals surface area contributed by atoms with Crippen LogP contribution in [0.1, 0.15) is 0 Å². The second-order valence-corrected chi connectivity index (χ2v) is 5.27. The van der Waals surface area contributed by atoms with Crippen LogP contribution < -0.4 is 0 Å². The Hall–Kier alpha value is 0.0700. The smallest absolute Gasteiger partial charge is 0.359 e. The van der Waals surface area contributed by atoms with Gasteiger partial charge in [-0.15, -0.1) is 0 Å². The lowest BCUT2D eigenvalue weighted by molar-refractivity contribution is -0.872. The first kappa shape index (κ1) is 9.16. The molecule has 0 bridgehead atoms. The molecule has 6 heteroatoms. The Morgan fingerprint density at radius 1 is 1.55 bits per heavy atom. The molecule has 3 N–H and O–H groups in total. The van der Waals surface area contributed by atoms with Crippen LogP contribution in [0.4, 0.5) is 0 Å². The Labute approximate surface area is 67.5 Å². The molecule has 0 saturated heterocycles. The molecule has 0 aromatic rings. The third-order valence-corrected chi connectivity index (χ3v) is 1.99. The van der Waals surface area contributed by atoms with E-state index in [4.69, 9.17) is 11.2 Å². The van der Waals surface area contributed by atoms with Crippen LogP contribution in [0.5, 0.6) is 0 Å². The van der Waals surface area contributed by atoms with E-state index in [0.717, 1.165) is 0 Å². The molecule has 0 rings (SSSR count). The van der Waals surface area contributed by atoms with E-state index in [1.165, 1.54) is 0 Å². The fourth-order valence-electron chi connectivity index (χ4n) is 0.575. The van der Waals surface area contributed by atoms with Gasteiger partial charge in [-0.2, -0.15) is 0 Å². The van der Waals surface area contributed by atoms with Gasteiger partial charge in [-0.1, -0.05) is 0 Å². The van der Waals surface area contributed by atoms with E-state index in [2.05, 4.69) is 5.11 Å². The van der Waals surface area contributed by atoms with Gasteiger partial charge >= 0.3 is 7.60 Å². The third kappa shape index (κ3) is 5.35. The Bertz CT molecular complexity index is 186. The molecule has 0 saturated carbocycles. The van der Waals surface area contributed by atoms with E-state index in [9.17, 15) is 4.57 Å². The van der Waals surface area contributed by atoms with Crippen LogP contribution in [-0.4, -0.2) is 54.3 Å². The molecule has 0 fully saturated rings. The zero-order chi connectivity index (χ0) is 9.99. The summed E-state index contributed by atoms with van der Waals surface area (Å²) in [5.74, 6) is -1.34. The number of likely N-dealkylation sites (N-methyl/N-ethyl adjacent to an activating group) is 1. The summed E-state index contributed by atoms with van der Waals surface area (Å²) < 4.78 is 17.5. The molecule has 0 aliphatic rings. The van der Waals surface area contributed by atoms with Crippen LogP contribution in [-0.2, 0) is 4.57 Å². The van der Waals surface area contributed by atoms with Gasteiger partial charge in [0.15, 0.2) is 0 Å². The molecule has 1 atom stereocenters. The number of rotatable bonds is 4. The quantitative estimate of drug-likeness (QED) is 0.395. The average molecular weight is 185 g/mol. The molecular formula is C5H15NO4P+. The van der Waals surface area contributed by atoms with Gasteiger partial charge in [-0.25, -0.2) is 0 Å². The highest BCUT2D eigenvalue weighted by molar-refractivity contribution is 7.52. The summed E-state index contributed by atoms with van der Waals surface area (Å²) >= 11 is 0. The van der Waals surface area contributed by atoms with Crippen molar-refractivity contribution >= 4 is 7.60 Å². The van der Waals surface area contributed by atoms with Crippen LogP contribution in [0.3, 0.4) is 0 Å². The maximum Gasteiger partial charge on any atom is 0.359 e. The number of aliphatic hydroxyl groups excluding tert-OH is 1. The Balaban J connectivity index is 4.30. The molecule has 0 amide bonds. The molecule has 0 aromatic carbocycles. The summed E-state index contributed by atoms with van der Waals surface area (Å²) in [5.41, 5.74) is 0. The fraction of sp³-hybridized carbons (Fsp3) is 1.00. The highest BCUT2D eigenvalue weighted by Gasteiger charge is 2.31. The lowest BCUT2D eigenvalue weighted by Gasteiger charge is -2.26. The number of hydrogen-bond acceptors (Lipinski definition) is 2. The molecule has 0 spiro atoms. The lowest BCUT2D eigenvalue weighted by Crippen LogP contribution is -2.41. The summed E-state index contributed by atoms with van der Waals surface area (Å²) in [6, 6.07) is 0. The SMILES string of the molecule is [2H]OC(C[N+](C)(C)C)P(=O)(O)O. The van der Waals surface area contributed by atoms with Crippen molar-refractivity contribution in [3.05, 3.63) is 0 Å². The summed E-state index contributed by atoms with van der Waals surface area (Å²) in [6.07, 6.45) is 0. The van der Waals surface area contributed by atoms with Gasteiger partial charge in [0.25, 0.3) is 0 Å². The van der Waals surface area contributed by atoms with Gasteiger partial charge in [0, 0.05) is 0 Å². The van der Waals surface area contributed by atoms with Crippen LogP contribution in [0, 0.1) is 0 Å². The highest BCUT2D eigenvalue weighted by Crippen LogP contribution is 2.39. The third-order valence-electron chi connectivity index (χ3n) is 1.08. The summed E-state index contributed by atoms with van der Waals surface area (Å²) in [6.45, 7) is 0.105. The van der Waals surface area contributed by atoms with Crippen molar-refractivity contribution in [3.63, 3.8) is 0 Å².